The van der Waals surface area contributed by atoms with Crippen molar-refractivity contribution in [2.75, 3.05) is 0 Å². The normalized spacial score (nSPS) is 11.6. The van der Waals surface area contributed by atoms with Crippen molar-refractivity contribution in [2.24, 2.45) is 0 Å². The maximum absolute atomic E-state index is 5.16. The summed E-state index contributed by atoms with van der Waals surface area (Å²) in [4.78, 5) is 15.4. The van der Waals surface area contributed by atoms with Crippen LogP contribution in [0.25, 0.3) is 88.0 Å². The van der Waals surface area contributed by atoms with Gasteiger partial charge in [-0.2, -0.15) is 0 Å². The van der Waals surface area contributed by atoms with E-state index in [0.717, 1.165) is 66.5 Å². The highest BCUT2D eigenvalue weighted by Gasteiger charge is 2.15. The van der Waals surface area contributed by atoms with Gasteiger partial charge >= 0.3 is 0 Å². The lowest BCUT2D eigenvalue weighted by atomic mass is 9.94. The van der Waals surface area contributed by atoms with Crippen molar-refractivity contribution in [1.29, 1.82) is 0 Å². The Labute approximate surface area is 254 Å². The number of benzene rings is 7. The summed E-state index contributed by atoms with van der Waals surface area (Å²) >= 11 is 0. The predicted molar refractivity (Wildman–Crippen MR) is 184 cm³/mol. The van der Waals surface area contributed by atoms with Gasteiger partial charge in [0.25, 0.3) is 0 Å². The number of hydrogen-bond donors (Lipinski definition) is 0. The van der Waals surface area contributed by atoms with E-state index < -0.39 is 0 Å². The summed E-state index contributed by atoms with van der Waals surface area (Å²) in [5.74, 6) is 0.718. The smallest absolute Gasteiger partial charge is 0.160 e. The van der Waals surface area contributed by atoms with E-state index in [0.29, 0.717) is 0 Å². The van der Waals surface area contributed by atoms with E-state index in [1.165, 1.54) is 21.5 Å². The summed E-state index contributed by atoms with van der Waals surface area (Å²) in [5.41, 5.74) is 8.28. The molecular weight excluding hydrogens is 534 g/mol. The van der Waals surface area contributed by atoms with E-state index >= 15 is 0 Å². The molecule has 204 valence electrons. The van der Waals surface area contributed by atoms with Crippen LogP contribution < -0.4 is 0 Å². The molecule has 3 nitrogen and oxygen atoms in total. The molecule has 0 fully saturated rings. The molecule has 0 spiro atoms. The van der Waals surface area contributed by atoms with E-state index in [-0.39, 0.29) is 0 Å². The zero-order valence-electron chi connectivity index (χ0n) is 23.8. The molecule has 9 rings (SSSR count). The molecule has 0 N–H and O–H groups in total. The highest BCUT2D eigenvalue weighted by Crippen LogP contribution is 2.37. The number of hydrogen-bond acceptors (Lipinski definition) is 3. The van der Waals surface area contributed by atoms with Crippen LogP contribution in [0.5, 0.6) is 0 Å². The second-order valence-corrected chi connectivity index (χ2v) is 11.2. The van der Waals surface area contributed by atoms with Gasteiger partial charge in [0.05, 0.1) is 22.2 Å². The maximum Gasteiger partial charge on any atom is 0.160 e. The molecule has 44 heavy (non-hydrogen) atoms. The fourth-order valence-electron chi connectivity index (χ4n) is 6.47. The molecule has 2 aromatic heterocycles. The molecule has 2 heterocycles. The monoisotopic (exact) mass is 559 g/mol. The Balaban J connectivity index is 1.23. The number of fused-ring (bicyclic) bond motifs is 7. The van der Waals surface area contributed by atoms with Crippen molar-refractivity contribution in [3.8, 4) is 33.8 Å². The summed E-state index contributed by atoms with van der Waals surface area (Å²) in [6, 6.07) is 53.2. The van der Waals surface area contributed by atoms with Gasteiger partial charge in [0.2, 0.25) is 0 Å². The van der Waals surface area contributed by atoms with Crippen LogP contribution in [0.3, 0.4) is 0 Å². The van der Waals surface area contributed by atoms with E-state index in [9.17, 15) is 0 Å². The zero-order valence-corrected chi connectivity index (χ0v) is 23.8. The molecule has 0 atom stereocenters. The Hall–Kier alpha value is -5.93. The number of pyridine rings is 1. The Bertz CT molecular complexity index is 2540. The molecule has 0 aliphatic heterocycles. The average molecular weight is 560 g/mol. The van der Waals surface area contributed by atoms with Crippen LogP contribution >= 0.6 is 0 Å². The first kappa shape index (κ1) is 24.6. The molecule has 0 aliphatic rings. The van der Waals surface area contributed by atoms with Crippen LogP contribution in [0.15, 0.2) is 152 Å². The fourth-order valence-corrected chi connectivity index (χ4v) is 6.47. The standard InChI is InChI=1S/C41H25N3/c1-2-11-28(12-3-1)39-34-23-22-26-10-4-6-14-31(26)40(34)44-41(43-39)29-20-18-27(19-21-29)35-25-38-36(33-16-8-7-15-32(33)35)24-30-13-5-9-17-37(30)42-38/h1-25H. The second kappa shape index (κ2) is 9.82. The summed E-state index contributed by atoms with van der Waals surface area (Å²) in [7, 11) is 0. The minimum atomic E-state index is 0.718. The third kappa shape index (κ3) is 3.94. The lowest BCUT2D eigenvalue weighted by Gasteiger charge is -2.13. The molecule has 0 radical (unpaired) electrons. The van der Waals surface area contributed by atoms with Gasteiger partial charge in [-0.15, -0.1) is 0 Å². The van der Waals surface area contributed by atoms with Crippen LogP contribution in [0.1, 0.15) is 0 Å². The first-order valence-corrected chi connectivity index (χ1v) is 14.9. The lowest BCUT2D eigenvalue weighted by Crippen LogP contribution is -1.96. The minimum Gasteiger partial charge on any atom is -0.248 e. The maximum atomic E-state index is 5.16. The van der Waals surface area contributed by atoms with Crippen LogP contribution in [0, 0.1) is 0 Å². The van der Waals surface area contributed by atoms with Gasteiger partial charge in [-0.1, -0.05) is 127 Å². The van der Waals surface area contributed by atoms with Gasteiger partial charge in [0.15, 0.2) is 5.82 Å². The summed E-state index contributed by atoms with van der Waals surface area (Å²) < 4.78 is 0. The van der Waals surface area contributed by atoms with Crippen LogP contribution in [-0.2, 0) is 0 Å². The van der Waals surface area contributed by atoms with Gasteiger partial charge in [-0.3, -0.25) is 0 Å². The van der Waals surface area contributed by atoms with Gasteiger partial charge < -0.3 is 0 Å². The highest BCUT2D eigenvalue weighted by molar-refractivity contribution is 6.15. The molecular formula is C41H25N3. The lowest BCUT2D eigenvalue weighted by molar-refractivity contribution is 1.23. The Morgan fingerprint density at radius 1 is 0.341 bits per heavy atom. The van der Waals surface area contributed by atoms with Crippen LogP contribution in [-0.4, -0.2) is 15.0 Å². The number of para-hydroxylation sites is 1. The quantitative estimate of drug-likeness (QED) is 0.160. The Kier molecular flexibility index (Phi) is 5.50. The largest absolute Gasteiger partial charge is 0.248 e. The molecule has 3 heteroatoms. The van der Waals surface area contributed by atoms with Crippen molar-refractivity contribution in [3.05, 3.63) is 152 Å². The van der Waals surface area contributed by atoms with Crippen molar-refractivity contribution in [3.63, 3.8) is 0 Å². The van der Waals surface area contributed by atoms with Crippen molar-refractivity contribution in [2.45, 2.75) is 0 Å². The molecule has 9 aromatic rings. The van der Waals surface area contributed by atoms with E-state index in [2.05, 4.69) is 140 Å². The van der Waals surface area contributed by atoms with Crippen molar-refractivity contribution in [1.82, 2.24) is 15.0 Å². The molecule has 0 aliphatic carbocycles. The minimum absolute atomic E-state index is 0.718. The predicted octanol–water partition coefficient (Wildman–Crippen LogP) is 10.6. The van der Waals surface area contributed by atoms with Crippen LogP contribution in [0.2, 0.25) is 0 Å². The van der Waals surface area contributed by atoms with Gasteiger partial charge in [0, 0.05) is 32.7 Å². The fraction of sp³-hybridized carbons (Fsp3) is 0. The SMILES string of the molecule is c1ccc(-c2nc(-c3ccc(-c4cc5nc6ccccc6cc5c5ccccc45)cc3)nc3c2ccc2ccccc23)cc1. The molecule has 0 saturated heterocycles. The van der Waals surface area contributed by atoms with Crippen molar-refractivity contribution < 1.29 is 0 Å². The second-order valence-electron chi connectivity index (χ2n) is 11.2. The summed E-state index contributed by atoms with van der Waals surface area (Å²) in [5, 5.41) is 8.10. The number of rotatable bonds is 3. The van der Waals surface area contributed by atoms with Gasteiger partial charge in [-0.25, -0.2) is 15.0 Å². The van der Waals surface area contributed by atoms with E-state index in [1.54, 1.807) is 0 Å². The third-order valence-corrected chi connectivity index (χ3v) is 8.63. The third-order valence-electron chi connectivity index (χ3n) is 8.63. The van der Waals surface area contributed by atoms with Crippen LogP contribution in [0.4, 0.5) is 0 Å². The van der Waals surface area contributed by atoms with Gasteiger partial charge in [-0.05, 0) is 51.6 Å². The molecule has 0 saturated carbocycles. The molecule has 0 bridgehead atoms. The molecule has 7 aromatic carbocycles. The van der Waals surface area contributed by atoms with Crippen molar-refractivity contribution >= 4 is 54.3 Å². The Morgan fingerprint density at radius 3 is 1.86 bits per heavy atom. The Morgan fingerprint density at radius 2 is 1.02 bits per heavy atom. The van der Waals surface area contributed by atoms with E-state index in [1.807, 2.05) is 12.1 Å². The van der Waals surface area contributed by atoms with Gasteiger partial charge in [0.1, 0.15) is 0 Å². The molecule has 0 unspecified atom stereocenters. The zero-order chi connectivity index (χ0) is 29.0. The number of aromatic nitrogens is 3. The van der Waals surface area contributed by atoms with E-state index in [4.69, 9.17) is 15.0 Å². The number of nitrogens with zero attached hydrogens (tertiary/aromatic N) is 3. The average Bonchev–Trinajstić information content (AvgIpc) is 3.10. The molecule has 0 amide bonds. The summed E-state index contributed by atoms with van der Waals surface area (Å²) in [6.45, 7) is 0. The first-order chi connectivity index (χ1) is 21.8. The highest BCUT2D eigenvalue weighted by atomic mass is 14.9. The first-order valence-electron chi connectivity index (χ1n) is 14.9. The summed E-state index contributed by atoms with van der Waals surface area (Å²) in [6.07, 6.45) is 0. The topological polar surface area (TPSA) is 38.7 Å².